The molecule has 1 fully saturated rings. The van der Waals surface area contributed by atoms with E-state index in [2.05, 4.69) is 4.98 Å². The Morgan fingerprint density at radius 3 is 2.95 bits per heavy atom. The highest BCUT2D eigenvalue weighted by Crippen LogP contribution is 2.41. The van der Waals surface area contributed by atoms with Crippen LogP contribution in [0.3, 0.4) is 0 Å². The van der Waals surface area contributed by atoms with Crippen LogP contribution in [0.2, 0.25) is 0 Å². The highest BCUT2D eigenvalue weighted by Gasteiger charge is 2.28. The van der Waals surface area contributed by atoms with Gasteiger partial charge in [-0.1, -0.05) is 12.1 Å². The average molecular weight is 283 g/mol. The molecule has 0 bridgehead atoms. The van der Waals surface area contributed by atoms with E-state index in [0.29, 0.717) is 23.5 Å². The molecule has 0 saturated heterocycles. The number of hydrogen-bond acceptors (Lipinski definition) is 4. The standard InChI is InChI=1S/C16H13NO2S/c18-14-3-1-2-12-13(14)7-10(15(12)19)6-11-8-20-16(17-11)9-4-5-9/h1-3,6,8-9,18H,4-5,7H2/b10-6-. The molecule has 0 unspecified atom stereocenters. The number of thiazole rings is 1. The summed E-state index contributed by atoms with van der Waals surface area (Å²) in [6.07, 6.45) is 4.84. The van der Waals surface area contributed by atoms with Crippen molar-refractivity contribution in [3.05, 3.63) is 51.0 Å². The number of aromatic nitrogens is 1. The Bertz CT molecular complexity index is 741. The number of nitrogens with zero attached hydrogens (tertiary/aromatic N) is 1. The zero-order valence-electron chi connectivity index (χ0n) is 10.8. The predicted molar refractivity (Wildman–Crippen MR) is 78.2 cm³/mol. The lowest BCUT2D eigenvalue weighted by atomic mass is 10.1. The van der Waals surface area contributed by atoms with Gasteiger partial charge in [-0.25, -0.2) is 4.98 Å². The first-order valence-electron chi connectivity index (χ1n) is 6.74. The molecule has 0 aliphatic heterocycles. The fourth-order valence-corrected chi connectivity index (χ4v) is 3.55. The topological polar surface area (TPSA) is 50.2 Å². The molecule has 3 nitrogen and oxygen atoms in total. The van der Waals surface area contributed by atoms with Gasteiger partial charge >= 0.3 is 0 Å². The Labute approximate surface area is 120 Å². The van der Waals surface area contributed by atoms with Gasteiger partial charge in [0.05, 0.1) is 10.7 Å². The maximum Gasteiger partial charge on any atom is 0.189 e. The van der Waals surface area contributed by atoms with Crippen LogP contribution in [0, 0.1) is 0 Å². The zero-order chi connectivity index (χ0) is 13.7. The van der Waals surface area contributed by atoms with Crippen LogP contribution in [-0.2, 0) is 6.42 Å². The third-order valence-corrected chi connectivity index (χ3v) is 4.87. The first kappa shape index (κ1) is 11.9. The molecule has 4 heteroatoms. The van der Waals surface area contributed by atoms with Crippen molar-refractivity contribution >= 4 is 23.2 Å². The number of aromatic hydroxyl groups is 1. The number of fused-ring (bicyclic) bond motifs is 1. The Kier molecular flexibility index (Phi) is 2.54. The molecule has 1 N–H and O–H groups in total. The molecule has 2 aliphatic carbocycles. The Morgan fingerprint density at radius 1 is 1.35 bits per heavy atom. The molecular formula is C16H13NO2S. The molecule has 1 aromatic carbocycles. The van der Waals surface area contributed by atoms with E-state index in [4.69, 9.17) is 0 Å². The van der Waals surface area contributed by atoms with E-state index >= 15 is 0 Å². The van der Waals surface area contributed by atoms with Gasteiger partial charge in [0.1, 0.15) is 5.75 Å². The van der Waals surface area contributed by atoms with Crippen molar-refractivity contribution in [3.8, 4) is 5.75 Å². The molecule has 100 valence electrons. The minimum Gasteiger partial charge on any atom is -0.508 e. The van der Waals surface area contributed by atoms with Crippen LogP contribution in [0.5, 0.6) is 5.75 Å². The fraction of sp³-hybridized carbons (Fsp3) is 0.250. The van der Waals surface area contributed by atoms with Crippen LogP contribution < -0.4 is 0 Å². The molecule has 2 aromatic rings. The Balaban J connectivity index is 1.68. The van der Waals surface area contributed by atoms with Crippen LogP contribution in [0.15, 0.2) is 29.2 Å². The number of allylic oxidation sites excluding steroid dienone is 1. The number of benzene rings is 1. The number of carbonyl (C=O) groups is 1. The third kappa shape index (κ3) is 1.88. The summed E-state index contributed by atoms with van der Waals surface area (Å²) in [7, 11) is 0. The van der Waals surface area contributed by atoms with Crippen molar-refractivity contribution in [2.24, 2.45) is 0 Å². The maximum absolute atomic E-state index is 12.3. The lowest BCUT2D eigenvalue weighted by Gasteiger charge is -1.97. The molecule has 2 aliphatic rings. The van der Waals surface area contributed by atoms with Crippen molar-refractivity contribution in [2.75, 3.05) is 0 Å². The Morgan fingerprint density at radius 2 is 2.20 bits per heavy atom. The quantitative estimate of drug-likeness (QED) is 0.857. The average Bonchev–Trinajstić information content (AvgIpc) is 3.11. The van der Waals surface area contributed by atoms with Crippen molar-refractivity contribution < 1.29 is 9.90 Å². The van der Waals surface area contributed by atoms with E-state index in [0.717, 1.165) is 11.3 Å². The number of carbonyl (C=O) groups excluding carboxylic acids is 1. The second-order valence-electron chi connectivity index (χ2n) is 5.36. The van der Waals surface area contributed by atoms with Crippen LogP contribution in [0.4, 0.5) is 0 Å². The molecule has 4 rings (SSSR count). The van der Waals surface area contributed by atoms with E-state index in [1.54, 1.807) is 29.5 Å². The number of rotatable bonds is 2. The molecule has 20 heavy (non-hydrogen) atoms. The molecule has 0 atom stereocenters. The van der Waals surface area contributed by atoms with Gasteiger partial charge < -0.3 is 5.11 Å². The minimum atomic E-state index is 0.0110. The number of hydrogen-bond donors (Lipinski definition) is 1. The summed E-state index contributed by atoms with van der Waals surface area (Å²) in [5.74, 6) is 0.862. The SMILES string of the molecule is O=C1/C(=C\c2csc(C3CC3)n2)Cc2c(O)cccc21. The van der Waals surface area contributed by atoms with Crippen molar-refractivity contribution in [2.45, 2.75) is 25.2 Å². The highest BCUT2D eigenvalue weighted by molar-refractivity contribution is 7.09. The predicted octanol–water partition coefficient (Wildman–Crippen LogP) is 3.55. The van der Waals surface area contributed by atoms with Crippen LogP contribution in [0.1, 0.15) is 45.4 Å². The van der Waals surface area contributed by atoms with Gasteiger partial charge in [0.2, 0.25) is 0 Å². The monoisotopic (exact) mass is 283 g/mol. The molecule has 0 spiro atoms. The molecule has 1 aromatic heterocycles. The minimum absolute atomic E-state index is 0.0110. The normalized spacial score (nSPS) is 19.6. The van der Waals surface area contributed by atoms with E-state index in [-0.39, 0.29) is 11.5 Å². The second kappa shape index (κ2) is 4.28. The first-order chi connectivity index (χ1) is 9.72. The molecule has 1 heterocycles. The van der Waals surface area contributed by atoms with Crippen molar-refractivity contribution in [3.63, 3.8) is 0 Å². The van der Waals surface area contributed by atoms with Gasteiger partial charge in [-0.05, 0) is 25.0 Å². The Hall–Kier alpha value is -1.94. The van der Waals surface area contributed by atoms with Crippen LogP contribution in [0.25, 0.3) is 6.08 Å². The smallest absolute Gasteiger partial charge is 0.189 e. The number of Topliss-reactive ketones (excluding diaryl/α,β-unsaturated/α-hetero) is 1. The first-order valence-corrected chi connectivity index (χ1v) is 7.62. The lowest BCUT2D eigenvalue weighted by molar-refractivity contribution is 0.104. The summed E-state index contributed by atoms with van der Waals surface area (Å²) >= 11 is 1.68. The number of ketones is 1. The van der Waals surface area contributed by atoms with Gasteiger partial charge in [0.15, 0.2) is 5.78 Å². The lowest BCUT2D eigenvalue weighted by Crippen LogP contribution is -1.95. The molecule has 0 radical (unpaired) electrons. The largest absolute Gasteiger partial charge is 0.508 e. The number of phenols is 1. The van der Waals surface area contributed by atoms with E-state index in [9.17, 15) is 9.90 Å². The van der Waals surface area contributed by atoms with Crippen molar-refractivity contribution in [1.29, 1.82) is 0 Å². The summed E-state index contributed by atoms with van der Waals surface area (Å²) in [4.78, 5) is 16.9. The van der Waals surface area contributed by atoms with E-state index in [1.807, 2.05) is 11.5 Å². The van der Waals surface area contributed by atoms with Crippen LogP contribution in [-0.4, -0.2) is 15.9 Å². The molecule has 1 saturated carbocycles. The van der Waals surface area contributed by atoms with Crippen molar-refractivity contribution in [1.82, 2.24) is 4.98 Å². The highest BCUT2D eigenvalue weighted by atomic mass is 32.1. The summed E-state index contributed by atoms with van der Waals surface area (Å²) < 4.78 is 0. The summed E-state index contributed by atoms with van der Waals surface area (Å²) in [6.45, 7) is 0. The summed E-state index contributed by atoms with van der Waals surface area (Å²) in [6, 6.07) is 5.11. The van der Waals surface area contributed by atoms with Gasteiger partial charge in [-0.2, -0.15) is 0 Å². The summed E-state index contributed by atoms with van der Waals surface area (Å²) in [5.41, 5.74) is 2.94. The second-order valence-corrected chi connectivity index (χ2v) is 6.25. The molecular weight excluding hydrogens is 270 g/mol. The van der Waals surface area contributed by atoms with Gasteiger partial charge in [0, 0.05) is 34.4 Å². The third-order valence-electron chi connectivity index (χ3n) is 3.84. The van der Waals surface area contributed by atoms with Crippen LogP contribution >= 0.6 is 11.3 Å². The maximum atomic E-state index is 12.3. The van der Waals surface area contributed by atoms with Gasteiger partial charge in [-0.15, -0.1) is 11.3 Å². The fourth-order valence-electron chi connectivity index (χ4n) is 2.60. The van der Waals surface area contributed by atoms with Gasteiger partial charge in [-0.3, -0.25) is 4.79 Å². The molecule has 0 amide bonds. The van der Waals surface area contributed by atoms with E-state index < -0.39 is 0 Å². The zero-order valence-corrected chi connectivity index (χ0v) is 11.6. The van der Waals surface area contributed by atoms with Gasteiger partial charge in [0.25, 0.3) is 0 Å². The summed E-state index contributed by atoms with van der Waals surface area (Å²) in [5, 5.41) is 13.0. The number of phenolic OH excluding ortho intramolecular Hbond substituents is 1. The van der Waals surface area contributed by atoms with E-state index in [1.165, 1.54) is 17.8 Å².